The second-order valence-electron chi connectivity index (χ2n) is 5.69. The Bertz CT molecular complexity index is 657. The molecule has 1 aromatic rings. The Labute approximate surface area is 136 Å². The lowest BCUT2D eigenvalue weighted by atomic mass is 9.85. The Morgan fingerprint density at radius 2 is 2.09 bits per heavy atom. The maximum absolute atomic E-state index is 12.0. The molecule has 1 aromatic carbocycles. The minimum absolute atomic E-state index is 0.0154. The first-order chi connectivity index (χ1) is 10.3. The largest absolute Gasteiger partial charge is 0.354 e. The van der Waals surface area contributed by atoms with Gasteiger partial charge < -0.3 is 5.32 Å². The summed E-state index contributed by atoms with van der Waals surface area (Å²) in [6.07, 6.45) is 4.09. The van der Waals surface area contributed by atoms with Gasteiger partial charge in [-0.3, -0.25) is 9.10 Å². The minimum atomic E-state index is -3.43. The number of hydrogen-bond donors (Lipinski definition) is 1. The predicted octanol–water partition coefficient (Wildman–Crippen LogP) is 2.33. The summed E-state index contributed by atoms with van der Waals surface area (Å²) >= 11 is 6.07. The van der Waals surface area contributed by atoms with E-state index in [2.05, 4.69) is 5.32 Å². The number of aryl methyl sites for hydroxylation is 1. The molecule has 0 aromatic heterocycles. The van der Waals surface area contributed by atoms with Gasteiger partial charge in [-0.2, -0.15) is 0 Å². The molecule has 0 atom stereocenters. The van der Waals surface area contributed by atoms with E-state index < -0.39 is 10.0 Å². The van der Waals surface area contributed by atoms with Crippen molar-refractivity contribution in [2.75, 3.05) is 23.7 Å². The van der Waals surface area contributed by atoms with Crippen molar-refractivity contribution in [2.45, 2.75) is 26.2 Å². The monoisotopic (exact) mass is 344 g/mol. The highest BCUT2D eigenvalue weighted by Crippen LogP contribution is 2.26. The van der Waals surface area contributed by atoms with Gasteiger partial charge in [-0.1, -0.05) is 24.1 Å². The molecule has 122 valence electrons. The highest BCUT2D eigenvalue weighted by atomic mass is 35.5. The average molecular weight is 345 g/mol. The number of halogens is 1. The summed E-state index contributed by atoms with van der Waals surface area (Å²) in [6, 6.07) is 5.13. The van der Waals surface area contributed by atoms with Gasteiger partial charge in [-0.15, -0.1) is 0 Å². The molecule has 0 bridgehead atoms. The molecule has 5 nitrogen and oxygen atoms in total. The van der Waals surface area contributed by atoms with Crippen LogP contribution in [0.4, 0.5) is 5.69 Å². The molecule has 0 saturated heterocycles. The van der Waals surface area contributed by atoms with Gasteiger partial charge in [0.25, 0.3) is 0 Å². The van der Waals surface area contributed by atoms with Gasteiger partial charge in [0.1, 0.15) is 0 Å². The minimum Gasteiger partial charge on any atom is -0.354 e. The number of carbonyl (C=O) groups is 1. The first kappa shape index (κ1) is 17.1. The molecule has 22 heavy (non-hydrogen) atoms. The van der Waals surface area contributed by atoms with Crippen LogP contribution in [-0.2, 0) is 14.8 Å². The molecule has 0 radical (unpaired) electrons. The van der Waals surface area contributed by atoms with E-state index in [1.165, 1.54) is 4.31 Å². The summed E-state index contributed by atoms with van der Waals surface area (Å²) in [5.41, 5.74) is 1.40. The van der Waals surface area contributed by atoms with E-state index in [9.17, 15) is 13.2 Å². The van der Waals surface area contributed by atoms with Crippen LogP contribution >= 0.6 is 11.6 Å². The number of nitrogens with one attached hydrogen (secondary N) is 1. The van der Waals surface area contributed by atoms with E-state index in [4.69, 9.17) is 11.6 Å². The third-order valence-corrected chi connectivity index (χ3v) is 5.54. The number of carbonyl (C=O) groups excluding carboxylic acids is 1. The molecule has 0 spiro atoms. The van der Waals surface area contributed by atoms with Crippen molar-refractivity contribution in [3.05, 3.63) is 28.8 Å². The molecule has 1 aliphatic rings. The molecule has 1 fully saturated rings. The third kappa shape index (κ3) is 4.14. The van der Waals surface area contributed by atoms with Crippen molar-refractivity contribution in [2.24, 2.45) is 5.92 Å². The van der Waals surface area contributed by atoms with E-state index in [1.807, 2.05) is 6.92 Å². The van der Waals surface area contributed by atoms with Crippen LogP contribution in [0.2, 0.25) is 5.02 Å². The topological polar surface area (TPSA) is 66.5 Å². The van der Waals surface area contributed by atoms with Gasteiger partial charge in [0, 0.05) is 17.5 Å². The molecular weight excluding hydrogens is 324 g/mol. The van der Waals surface area contributed by atoms with Crippen LogP contribution in [0.5, 0.6) is 0 Å². The van der Waals surface area contributed by atoms with E-state index >= 15 is 0 Å². The Kier molecular flexibility index (Phi) is 5.34. The Hall–Kier alpha value is -1.27. The number of anilines is 1. The molecule has 1 amide bonds. The first-order valence-electron chi connectivity index (χ1n) is 7.30. The van der Waals surface area contributed by atoms with Crippen LogP contribution in [0.25, 0.3) is 0 Å². The SMILES string of the molecule is Cc1ccc(N(CCNC(=O)C2CCC2)S(C)(=O)=O)cc1Cl. The first-order valence-corrected chi connectivity index (χ1v) is 9.53. The highest BCUT2D eigenvalue weighted by Gasteiger charge is 2.25. The second-order valence-corrected chi connectivity index (χ2v) is 8.00. The molecule has 1 aliphatic carbocycles. The number of sulfonamides is 1. The van der Waals surface area contributed by atoms with Gasteiger partial charge in [0.15, 0.2) is 0 Å². The second kappa shape index (κ2) is 6.87. The Morgan fingerprint density at radius 1 is 1.41 bits per heavy atom. The van der Waals surface area contributed by atoms with E-state index in [0.717, 1.165) is 31.1 Å². The van der Waals surface area contributed by atoms with Crippen molar-refractivity contribution < 1.29 is 13.2 Å². The van der Waals surface area contributed by atoms with Gasteiger partial charge in [0.05, 0.1) is 18.5 Å². The van der Waals surface area contributed by atoms with Crippen LogP contribution in [0.15, 0.2) is 18.2 Å². The molecule has 0 heterocycles. The number of benzene rings is 1. The quantitative estimate of drug-likeness (QED) is 0.861. The Balaban J connectivity index is 2.03. The molecule has 2 rings (SSSR count). The fraction of sp³-hybridized carbons (Fsp3) is 0.533. The van der Waals surface area contributed by atoms with Crippen molar-refractivity contribution in [1.29, 1.82) is 0 Å². The molecule has 1 saturated carbocycles. The molecule has 0 aliphatic heterocycles. The van der Waals surface area contributed by atoms with Gasteiger partial charge in [-0.05, 0) is 37.5 Å². The fourth-order valence-electron chi connectivity index (χ4n) is 2.32. The van der Waals surface area contributed by atoms with Crippen molar-refractivity contribution in [1.82, 2.24) is 5.32 Å². The highest BCUT2D eigenvalue weighted by molar-refractivity contribution is 7.92. The summed E-state index contributed by atoms with van der Waals surface area (Å²) in [4.78, 5) is 11.8. The van der Waals surface area contributed by atoms with E-state index in [0.29, 0.717) is 10.7 Å². The lowest BCUT2D eigenvalue weighted by Gasteiger charge is -2.26. The lowest BCUT2D eigenvalue weighted by Crippen LogP contribution is -2.41. The number of amides is 1. The molecular formula is C15H21ClN2O3S. The number of hydrogen-bond acceptors (Lipinski definition) is 3. The lowest BCUT2D eigenvalue weighted by molar-refractivity contribution is -0.127. The van der Waals surface area contributed by atoms with Crippen LogP contribution in [0.1, 0.15) is 24.8 Å². The number of nitrogens with zero attached hydrogens (tertiary/aromatic N) is 1. The maximum atomic E-state index is 12.0. The van der Waals surface area contributed by atoms with Crippen molar-refractivity contribution in [3.63, 3.8) is 0 Å². The summed E-state index contributed by atoms with van der Waals surface area (Å²) in [5, 5.41) is 3.32. The van der Waals surface area contributed by atoms with Crippen molar-refractivity contribution in [3.8, 4) is 0 Å². The zero-order chi connectivity index (χ0) is 16.3. The normalized spacial score (nSPS) is 15.2. The third-order valence-electron chi connectivity index (χ3n) is 3.93. The zero-order valence-corrected chi connectivity index (χ0v) is 14.4. The number of rotatable bonds is 6. The summed E-state index contributed by atoms with van der Waals surface area (Å²) in [6.45, 7) is 2.33. The van der Waals surface area contributed by atoms with Gasteiger partial charge in [-0.25, -0.2) is 8.42 Å². The molecule has 1 N–H and O–H groups in total. The fourth-order valence-corrected chi connectivity index (χ4v) is 3.41. The predicted molar refractivity (Wildman–Crippen MR) is 88.7 cm³/mol. The zero-order valence-electron chi connectivity index (χ0n) is 12.8. The van der Waals surface area contributed by atoms with Crippen LogP contribution in [0.3, 0.4) is 0 Å². The van der Waals surface area contributed by atoms with Gasteiger partial charge in [0.2, 0.25) is 15.9 Å². The van der Waals surface area contributed by atoms with Crippen LogP contribution in [0, 0.1) is 12.8 Å². The summed E-state index contributed by atoms with van der Waals surface area (Å²) < 4.78 is 25.2. The summed E-state index contributed by atoms with van der Waals surface area (Å²) in [7, 11) is -3.43. The average Bonchev–Trinajstić information content (AvgIpc) is 2.34. The maximum Gasteiger partial charge on any atom is 0.232 e. The van der Waals surface area contributed by atoms with Gasteiger partial charge >= 0.3 is 0 Å². The van der Waals surface area contributed by atoms with Crippen LogP contribution < -0.4 is 9.62 Å². The van der Waals surface area contributed by atoms with Crippen molar-refractivity contribution >= 4 is 33.2 Å². The standard InChI is InChI=1S/C15H21ClN2O3S/c1-11-6-7-13(10-14(11)16)18(22(2,20)21)9-8-17-15(19)12-4-3-5-12/h6-7,10,12H,3-5,8-9H2,1-2H3,(H,17,19). The molecule has 0 unspecified atom stereocenters. The smallest absolute Gasteiger partial charge is 0.232 e. The van der Waals surface area contributed by atoms with E-state index in [-0.39, 0.29) is 24.9 Å². The Morgan fingerprint density at radius 3 is 2.59 bits per heavy atom. The van der Waals surface area contributed by atoms with E-state index in [1.54, 1.807) is 18.2 Å². The molecule has 7 heteroatoms. The summed E-state index contributed by atoms with van der Waals surface area (Å²) in [5.74, 6) is 0.113. The van der Waals surface area contributed by atoms with Crippen LogP contribution in [-0.4, -0.2) is 33.7 Å².